The van der Waals surface area contributed by atoms with Crippen LogP contribution >= 0.6 is 0 Å². The van der Waals surface area contributed by atoms with Crippen molar-refractivity contribution in [2.45, 2.75) is 43.7 Å². The highest BCUT2D eigenvalue weighted by Gasteiger charge is 2.42. The fourth-order valence-electron chi connectivity index (χ4n) is 2.98. The van der Waals surface area contributed by atoms with Gasteiger partial charge in [0.05, 0.1) is 4.92 Å². The van der Waals surface area contributed by atoms with Gasteiger partial charge in [-0.15, -0.1) is 0 Å². The Labute approximate surface area is 130 Å². The van der Waals surface area contributed by atoms with Crippen molar-refractivity contribution in [2.75, 3.05) is 6.54 Å². The summed E-state index contributed by atoms with van der Waals surface area (Å²) in [5.74, 6) is 0.181. The summed E-state index contributed by atoms with van der Waals surface area (Å²) in [6.07, 6.45) is 1.56. The van der Waals surface area contributed by atoms with Gasteiger partial charge >= 0.3 is 0 Å². The van der Waals surface area contributed by atoms with Crippen LogP contribution < -0.4 is 5.73 Å². The van der Waals surface area contributed by atoms with Gasteiger partial charge in [0.1, 0.15) is 0 Å². The van der Waals surface area contributed by atoms with Gasteiger partial charge in [-0.3, -0.25) is 10.1 Å². The molecule has 122 valence electrons. The number of para-hydroxylation sites is 1. The molecule has 0 radical (unpaired) electrons. The molecule has 1 fully saturated rings. The molecule has 1 heterocycles. The molecule has 1 aliphatic heterocycles. The maximum Gasteiger partial charge on any atom is 0.289 e. The van der Waals surface area contributed by atoms with Gasteiger partial charge < -0.3 is 5.73 Å². The van der Waals surface area contributed by atoms with E-state index in [1.165, 1.54) is 28.6 Å². The molecule has 0 aliphatic carbocycles. The Morgan fingerprint density at radius 3 is 2.55 bits per heavy atom. The number of rotatable bonds is 4. The number of nitro benzene ring substituents is 1. The lowest BCUT2D eigenvalue weighted by atomic mass is 9.90. The standard InChI is InChI=1S/C14H21N3O4S/c1-10-7-8-12(9-15)16(11(10)2)22(20,21)14-6-4-3-5-13(14)17(18)19/h3-6,10-12H,7-9,15H2,1-2H3. The summed E-state index contributed by atoms with van der Waals surface area (Å²) < 4.78 is 27.4. The van der Waals surface area contributed by atoms with Crippen LogP contribution in [0.5, 0.6) is 0 Å². The fourth-order valence-corrected chi connectivity index (χ4v) is 5.10. The number of sulfonamides is 1. The van der Waals surface area contributed by atoms with Crippen molar-refractivity contribution in [1.29, 1.82) is 0 Å². The summed E-state index contributed by atoms with van der Waals surface area (Å²) in [6, 6.07) is 4.88. The monoisotopic (exact) mass is 327 g/mol. The van der Waals surface area contributed by atoms with Crippen LogP contribution in [0.3, 0.4) is 0 Å². The van der Waals surface area contributed by atoms with Crippen molar-refractivity contribution in [2.24, 2.45) is 11.7 Å². The van der Waals surface area contributed by atoms with Crippen LogP contribution in [0, 0.1) is 16.0 Å². The fraction of sp³-hybridized carbons (Fsp3) is 0.571. The highest BCUT2D eigenvalue weighted by Crippen LogP contribution is 2.35. The van der Waals surface area contributed by atoms with Gasteiger partial charge in [0, 0.05) is 24.7 Å². The van der Waals surface area contributed by atoms with Crippen molar-refractivity contribution in [3.63, 3.8) is 0 Å². The summed E-state index contributed by atoms with van der Waals surface area (Å²) >= 11 is 0. The molecule has 3 atom stereocenters. The zero-order chi connectivity index (χ0) is 16.5. The van der Waals surface area contributed by atoms with Crippen molar-refractivity contribution >= 4 is 15.7 Å². The second-order valence-corrected chi connectivity index (χ2v) is 7.56. The Morgan fingerprint density at radius 1 is 1.32 bits per heavy atom. The van der Waals surface area contributed by atoms with E-state index in [-0.39, 0.29) is 29.4 Å². The highest BCUT2D eigenvalue weighted by atomic mass is 32.2. The van der Waals surface area contributed by atoms with Crippen LogP contribution in [0.1, 0.15) is 26.7 Å². The van der Waals surface area contributed by atoms with E-state index in [1.54, 1.807) is 0 Å². The number of nitrogens with zero attached hydrogens (tertiary/aromatic N) is 2. The molecule has 1 aliphatic rings. The summed E-state index contributed by atoms with van der Waals surface area (Å²) in [5.41, 5.74) is 5.33. The first-order valence-electron chi connectivity index (χ1n) is 7.27. The predicted molar refractivity (Wildman–Crippen MR) is 82.8 cm³/mol. The molecule has 0 aromatic heterocycles. The molecule has 1 aromatic carbocycles. The Morgan fingerprint density at radius 2 is 1.95 bits per heavy atom. The maximum absolute atomic E-state index is 13.0. The van der Waals surface area contributed by atoms with Crippen LogP contribution in [0.15, 0.2) is 29.2 Å². The lowest BCUT2D eigenvalue weighted by molar-refractivity contribution is -0.387. The summed E-state index contributed by atoms with van der Waals surface area (Å²) in [4.78, 5) is 10.2. The van der Waals surface area contributed by atoms with Crippen LogP contribution in [-0.4, -0.2) is 36.3 Å². The summed E-state index contributed by atoms with van der Waals surface area (Å²) in [7, 11) is -3.97. The first-order valence-corrected chi connectivity index (χ1v) is 8.71. The van der Waals surface area contributed by atoms with Gasteiger partial charge in [0.15, 0.2) is 4.90 Å². The quantitative estimate of drug-likeness (QED) is 0.669. The van der Waals surface area contributed by atoms with Crippen LogP contribution in [0.25, 0.3) is 0 Å². The summed E-state index contributed by atoms with van der Waals surface area (Å²) in [6.45, 7) is 4.02. The number of nitro groups is 1. The first kappa shape index (κ1) is 16.9. The van der Waals surface area contributed by atoms with Gasteiger partial charge in [0.2, 0.25) is 10.0 Å². The van der Waals surface area contributed by atoms with E-state index < -0.39 is 20.6 Å². The molecule has 1 aromatic rings. The van der Waals surface area contributed by atoms with E-state index >= 15 is 0 Å². The van der Waals surface area contributed by atoms with E-state index in [2.05, 4.69) is 0 Å². The molecule has 1 saturated heterocycles. The van der Waals surface area contributed by atoms with Crippen molar-refractivity contribution < 1.29 is 13.3 Å². The Balaban J connectivity index is 2.55. The topological polar surface area (TPSA) is 107 Å². The minimum absolute atomic E-state index is 0.181. The highest BCUT2D eigenvalue weighted by molar-refractivity contribution is 7.89. The van der Waals surface area contributed by atoms with Crippen LogP contribution in [0.4, 0.5) is 5.69 Å². The molecule has 0 saturated carbocycles. The lowest BCUT2D eigenvalue weighted by Crippen LogP contribution is -2.54. The van der Waals surface area contributed by atoms with E-state index in [9.17, 15) is 18.5 Å². The Hall–Kier alpha value is -1.51. The molecule has 0 amide bonds. The zero-order valence-corrected chi connectivity index (χ0v) is 13.5. The molecule has 8 heteroatoms. The van der Waals surface area contributed by atoms with Crippen molar-refractivity contribution in [3.05, 3.63) is 34.4 Å². The third-order valence-electron chi connectivity index (χ3n) is 4.43. The number of hydrogen-bond donors (Lipinski definition) is 1. The predicted octanol–water partition coefficient (Wildman–Crippen LogP) is 1.73. The van der Waals surface area contributed by atoms with Crippen molar-refractivity contribution in [1.82, 2.24) is 4.31 Å². The average molecular weight is 327 g/mol. The van der Waals surface area contributed by atoms with Crippen LogP contribution in [0.2, 0.25) is 0 Å². The second-order valence-electron chi connectivity index (χ2n) is 5.74. The minimum atomic E-state index is -3.97. The number of hydrogen-bond acceptors (Lipinski definition) is 5. The molecule has 2 N–H and O–H groups in total. The van der Waals surface area contributed by atoms with E-state index in [0.717, 1.165) is 6.42 Å². The average Bonchev–Trinajstić information content (AvgIpc) is 2.49. The zero-order valence-electron chi connectivity index (χ0n) is 12.7. The lowest BCUT2D eigenvalue weighted by Gasteiger charge is -2.42. The Bertz CT molecular complexity index is 660. The van der Waals surface area contributed by atoms with E-state index in [0.29, 0.717) is 6.42 Å². The molecule has 2 rings (SSSR count). The molecule has 7 nitrogen and oxygen atoms in total. The molecule has 3 unspecified atom stereocenters. The maximum atomic E-state index is 13.0. The number of benzene rings is 1. The second kappa shape index (κ2) is 6.31. The van der Waals surface area contributed by atoms with E-state index in [1.807, 2.05) is 13.8 Å². The van der Waals surface area contributed by atoms with Gasteiger partial charge in [0.25, 0.3) is 5.69 Å². The largest absolute Gasteiger partial charge is 0.329 e. The van der Waals surface area contributed by atoms with Crippen molar-refractivity contribution in [3.8, 4) is 0 Å². The molecule has 22 heavy (non-hydrogen) atoms. The van der Waals surface area contributed by atoms with Gasteiger partial charge in [-0.1, -0.05) is 19.1 Å². The number of piperidine rings is 1. The minimum Gasteiger partial charge on any atom is -0.329 e. The molecular weight excluding hydrogens is 306 g/mol. The smallest absolute Gasteiger partial charge is 0.289 e. The van der Waals surface area contributed by atoms with Gasteiger partial charge in [-0.2, -0.15) is 4.31 Å². The third-order valence-corrected chi connectivity index (χ3v) is 6.52. The van der Waals surface area contributed by atoms with Gasteiger partial charge in [-0.05, 0) is 31.7 Å². The first-order chi connectivity index (χ1) is 10.3. The normalized spacial score (nSPS) is 26.8. The molecular formula is C14H21N3O4S. The summed E-state index contributed by atoms with van der Waals surface area (Å²) in [5, 5.41) is 11.1. The molecule has 0 spiro atoms. The van der Waals surface area contributed by atoms with Gasteiger partial charge in [-0.25, -0.2) is 8.42 Å². The van der Waals surface area contributed by atoms with Crippen LogP contribution in [-0.2, 0) is 10.0 Å². The number of nitrogens with two attached hydrogens (primary N) is 1. The third kappa shape index (κ3) is 2.86. The van der Waals surface area contributed by atoms with E-state index in [4.69, 9.17) is 5.73 Å². The SMILES string of the molecule is CC1CCC(CN)N(S(=O)(=O)c2ccccc2[N+](=O)[O-])C1C. The molecule has 0 bridgehead atoms. The Kier molecular flexibility index (Phi) is 4.84.